The van der Waals surface area contributed by atoms with Gasteiger partial charge in [-0.3, -0.25) is 4.79 Å². The lowest BCUT2D eigenvalue weighted by molar-refractivity contribution is -0.138. The van der Waals surface area contributed by atoms with Gasteiger partial charge in [-0.25, -0.2) is 0 Å². The number of methoxy groups -OCH3 is 1. The Morgan fingerprint density at radius 3 is 2.73 bits per heavy atom. The first-order chi connectivity index (χ1) is 7.10. The lowest BCUT2D eigenvalue weighted by Crippen LogP contribution is -2.11. The maximum absolute atomic E-state index is 11.0. The van der Waals surface area contributed by atoms with Crippen molar-refractivity contribution in [3.63, 3.8) is 0 Å². The number of benzene rings is 1. The molecule has 82 valence electrons. The molecule has 0 saturated carbocycles. The Kier molecular flexibility index (Phi) is 4.15. The van der Waals surface area contributed by atoms with Gasteiger partial charge in [-0.1, -0.05) is 22.9 Å². The molecule has 15 heavy (non-hydrogen) atoms. The van der Waals surface area contributed by atoms with Crippen molar-refractivity contribution in [3.05, 3.63) is 28.2 Å². The van der Waals surface area contributed by atoms with Gasteiger partial charge in [0.05, 0.1) is 13.0 Å². The van der Waals surface area contributed by atoms with Crippen LogP contribution in [0.2, 0.25) is 0 Å². The van der Waals surface area contributed by atoms with Gasteiger partial charge < -0.3 is 9.84 Å². The van der Waals surface area contributed by atoms with Gasteiger partial charge in [0.1, 0.15) is 5.75 Å². The maximum Gasteiger partial charge on any atom is 0.311 e. The molecule has 0 bridgehead atoms. The van der Waals surface area contributed by atoms with E-state index in [1.165, 1.54) is 0 Å². The van der Waals surface area contributed by atoms with Crippen molar-refractivity contribution in [3.8, 4) is 5.75 Å². The molecule has 1 atom stereocenters. The molecule has 0 heterocycles. The fourth-order valence-corrected chi connectivity index (χ4v) is 1.88. The van der Waals surface area contributed by atoms with Crippen LogP contribution in [0.15, 0.2) is 22.7 Å². The zero-order valence-corrected chi connectivity index (χ0v) is 10.2. The Labute approximate surface area is 97.2 Å². The first-order valence-corrected chi connectivity index (χ1v) is 5.45. The van der Waals surface area contributed by atoms with E-state index in [0.29, 0.717) is 17.7 Å². The largest absolute Gasteiger partial charge is 0.496 e. The highest BCUT2D eigenvalue weighted by molar-refractivity contribution is 9.10. The SMILES string of the molecule is CCC(C(=O)O)c1cc(Br)ccc1OC. The lowest BCUT2D eigenvalue weighted by atomic mass is 9.96. The highest BCUT2D eigenvalue weighted by atomic mass is 79.9. The third-order valence-corrected chi connectivity index (χ3v) is 2.77. The van der Waals surface area contributed by atoms with Gasteiger partial charge >= 0.3 is 5.97 Å². The zero-order chi connectivity index (χ0) is 11.4. The summed E-state index contributed by atoms with van der Waals surface area (Å²) in [6.45, 7) is 1.85. The van der Waals surface area contributed by atoms with Crippen LogP contribution in [0.1, 0.15) is 24.8 Å². The summed E-state index contributed by atoms with van der Waals surface area (Å²) in [7, 11) is 1.54. The Morgan fingerprint density at radius 2 is 2.27 bits per heavy atom. The molecule has 0 fully saturated rings. The molecule has 0 aromatic heterocycles. The minimum atomic E-state index is -0.825. The van der Waals surface area contributed by atoms with Crippen LogP contribution in [-0.2, 0) is 4.79 Å². The molecule has 4 heteroatoms. The van der Waals surface area contributed by atoms with E-state index in [0.717, 1.165) is 4.47 Å². The maximum atomic E-state index is 11.0. The highest BCUT2D eigenvalue weighted by Crippen LogP contribution is 2.31. The average molecular weight is 273 g/mol. The molecule has 1 N–H and O–H groups in total. The van der Waals surface area contributed by atoms with Crippen molar-refractivity contribution in [2.75, 3.05) is 7.11 Å². The van der Waals surface area contributed by atoms with Crippen molar-refractivity contribution in [1.29, 1.82) is 0 Å². The molecule has 0 aliphatic rings. The Hall–Kier alpha value is -1.03. The molecule has 0 aliphatic carbocycles. The van der Waals surface area contributed by atoms with Crippen LogP contribution >= 0.6 is 15.9 Å². The summed E-state index contributed by atoms with van der Waals surface area (Å²) in [5.41, 5.74) is 0.710. The lowest BCUT2D eigenvalue weighted by Gasteiger charge is -2.14. The number of halogens is 1. The van der Waals surface area contributed by atoms with E-state index in [-0.39, 0.29) is 0 Å². The van der Waals surface area contributed by atoms with Crippen LogP contribution in [0, 0.1) is 0 Å². The first kappa shape index (κ1) is 12.0. The summed E-state index contributed by atoms with van der Waals surface area (Å²) in [4.78, 5) is 11.0. The normalized spacial score (nSPS) is 12.2. The molecule has 1 unspecified atom stereocenters. The van der Waals surface area contributed by atoms with Crippen molar-refractivity contribution in [1.82, 2.24) is 0 Å². The number of ether oxygens (including phenoxy) is 1. The van der Waals surface area contributed by atoms with Crippen LogP contribution in [0.3, 0.4) is 0 Å². The van der Waals surface area contributed by atoms with E-state index in [1.807, 2.05) is 13.0 Å². The summed E-state index contributed by atoms with van der Waals surface area (Å²) < 4.78 is 6.01. The van der Waals surface area contributed by atoms with Gasteiger partial charge in [-0.15, -0.1) is 0 Å². The predicted molar refractivity (Wildman–Crippen MR) is 61.4 cm³/mol. The second-order valence-electron chi connectivity index (χ2n) is 3.19. The van der Waals surface area contributed by atoms with Crippen LogP contribution in [0.5, 0.6) is 5.75 Å². The van der Waals surface area contributed by atoms with Gasteiger partial charge in [0.25, 0.3) is 0 Å². The van der Waals surface area contributed by atoms with Gasteiger partial charge in [0, 0.05) is 10.0 Å². The Balaban J connectivity index is 3.19. The van der Waals surface area contributed by atoms with Crippen LogP contribution in [0.25, 0.3) is 0 Å². The predicted octanol–water partition coefficient (Wildman–Crippen LogP) is 3.04. The number of rotatable bonds is 4. The number of aliphatic carboxylic acids is 1. The minimum absolute atomic E-state index is 0.516. The molecule has 0 saturated heterocycles. The molecule has 0 amide bonds. The molecular formula is C11H13BrO3. The molecule has 1 aromatic carbocycles. The molecule has 0 radical (unpaired) electrons. The Bertz CT molecular complexity index is 363. The number of carbonyl (C=O) groups is 1. The fraction of sp³-hybridized carbons (Fsp3) is 0.364. The van der Waals surface area contributed by atoms with E-state index in [4.69, 9.17) is 9.84 Å². The third kappa shape index (κ3) is 2.72. The first-order valence-electron chi connectivity index (χ1n) is 4.66. The summed E-state index contributed by atoms with van der Waals surface area (Å²) in [5.74, 6) is -0.723. The van der Waals surface area contributed by atoms with Crippen LogP contribution < -0.4 is 4.74 Å². The van der Waals surface area contributed by atoms with Gasteiger partial charge in [0.15, 0.2) is 0 Å². The smallest absolute Gasteiger partial charge is 0.311 e. The quantitative estimate of drug-likeness (QED) is 0.917. The van der Waals surface area contributed by atoms with E-state index >= 15 is 0 Å². The zero-order valence-electron chi connectivity index (χ0n) is 8.66. The monoisotopic (exact) mass is 272 g/mol. The fourth-order valence-electron chi connectivity index (χ4n) is 1.51. The van der Waals surface area contributed by atoms with E-state index in [2.05, 4.69) is 15.9 Å². The van der Waals surface area contributed by atoms with Gasteiger partial charge in [-0.05, 0) is 24.6 Å². The molecule has 3 nitrogen and oxygen atoms in total. The van der Waals surface area contributed by atoms with Crippen LogP contribution in [-0.4, -0.2) is 18.2 Å². The summed E-state index contributed by atoms with van der Waals surface area (Å²) >= 11 is 3.32. The van der Waals surface area contributed by atoms with Gasteiger partial charge in [-0.2, -0.15) is 0 Å². The minimum Gasteiger partial charge on any atom is -0.496 e. The van der Waals surface area contributed by atoms with Crippen molar-refractivity contribution in [2.24, 2.45) is 0 Å². The summed E-state index contributed by atoms with van der Waals surface area (Å²) in [6.07, 6.45) is 0.544. The number of hydrogen-bond acceptors (Lipinski definition) is 2. The molecule has 1 rings (SSSR count). The van der Waals surface area contributed by atoms with E-state index in [1.54, 1.807) is 19.2 Å². The molecule has 1 aromatic rings. The number of carboxylic acid groups (broad SMARTS) is 1. The highest BCUT2D eigenvalue weighted by Gasteiger charge is 2.21. The van der Waals surface area contributed by atoms with Crippen molar-refractivity contribution >= 4 is 21.9 Å². The number of carboxylic acids is 1. The second-order valence-corrected chi connectivity index (χ2v) is 4.10. The topological polar surface area (TPSA) is 46.5 Å². The van der Waals surface area contributed by atoms with Gasteiger partial charge in [0.2, 0.25) is 0 Å². The molecular weight excluding hydrogens is 260 g/mol. The molecule has 0 aliphatic heterocycles. The molecule has 0 spiro atoms. The Morgan fingerprint density at radius 1 is 1.60 bits per heavy atom. The third-order valence-electron chi connectivity index (χ3n) is 2.27. The van der Waals surface area contributed by atoms with Crippen molar-refractivity contribution in [2.45, 2.75) is 19.3 Å². The summed E-state index contributed by atoms with van der Waals surface area (Å²) in [5, 5.41) is 9.07. The second kappa shape index (κ2) is 5.16. The van der Waals surface area contributed by atoms with E-state index in [9.17, 15) is 4.79 Å². The van der Waals surface area contributed by atoms with E-state index < -0.39 is 11.9 Å². The average Bonchev–Trinajstić information content (AvgIpc) is 2.18. The standard InChI is InChI=1S/C11H13BrO3/c1-3-8(11(13)14)9-6-7(12)4-5-10(9)15-2/h4-6,8H,3H2,1-2H3,(H,13,14). The van der Waals surface area contributed by atoms with Crippen molar-refractivity contribution < 1.29 is 14.6 Å². The summed E-state index contributed by atoms with van der Waals surface area (Å²) in [6, 6.07) is 5.39. The number of hydrogen-bond donors (Lipinski definition) is 1. The van der Waals surface area contributed by atoms with Crippen LogP contribution in [0.4, 0.5) is 0 Å².